The van der Waals surface area contributed by atoms with Gasteiger partial charge in [-0.2, -0.15) is 0 Å². The van der Waals surface area contributed by atoms with Crippen molar-refractivity contribution >= 4 is 0 Å². The molecular formula is C24H26. The third-order valence-electron chi connectivity index (χ3n) is 5.15. The third-order valence-corrected chi connectivity index (χ3v) is 5.15. The van der Waals surface area contributed by atoms with Gasteiger partial charge >= 0.3 is 0 Å². The zero-order valence-corrected chi connectivity index (χ0v) is 15.0. The van der Waals surface area contributed by atoms with Crippen LogP contribution in [0.15, 0.2) is 78.9 Å². The van der Waals surface area contributed by atoms with E-state index in [1.807, 2.05) is 6.08 Å². The highest BCUT2D eigenvalue weighted by Gasteiger charge is 2.39. The summed E-state index contributed by atoms with van der Waals surface area (Å²) < 4.78 is 0. The average Bonchev–Trinajstić information content (AvgIpc) is 2.83. The molecule has 0 N–H and O–H groups in total. The summed E-state index contributed by atoms with van der Waals surface area (Å²) in [6.45, 7) is 10.7. The molecule has 0 fully saturated rings. The molecule has 2 aromatic rings. The Hall–Kier alpha value is -2.34. The summed E-state index contributed by atoms with van der Waals surface area (Å²) in [4.78, 5) is 0. The number of benzene rings is 2. The molecule has 0 heteroatoms. The van der Waals surface area contributed by atoms with Gasteiger partial charge in [-0.3, -0.25) is 0 Å². The lowest BCUT2D eigenvalue weighted by atomic mass is 9.75. The van der Waals surface area contributed by atoms with E-state index in [9.17, 15) is 0 Å². The van der Waals surface area contributed by atoms with Crippen LogP contribution in [0.3, 0.4) is 0 Å². The smallest absolute Gasteiger partial charge is 0.0227 e. The van der Waals surface area contributed by atoms with Crippen LogP contribution in [0.5, 0.6) is 0 Å². The van der Waals surface area contributed by atoms with E-state index in [2.05, 4.69) is 88.0 Å². The molecule has 0 radical (unpaired) electrons. The fourth-order valence-electron chi connectivity index (χ4n) is 3.89. The van der Waals surface area contributed by atoms with Gasteiger partial charge in [-0.15, -0.1) is 0 Å². The van der Waals surface area contributed by atoms with E-state index in [0.717, 1.165) is 12.8 Å². The number of aryl methyl sites for hydroxylation is 1. The van der Waals surface area contributed by atoms with Gasteiger partial charge in [0.15, 0.2) is 0 Å². The Bertz CT molecular complexity index is 820. The van der Waals surface area contributed by atoms with Crippen LogP contribution >= 0.6 is 0 Å². The normalized spacial score (nSPS) is 19.4. The molecule has 0 nitrogen and oxygen atoms in total. The molecule has 0 saturated heterocycles. The van der Waals surface area contributed by atoms with E-state index in [4.69, 9.17) is 0 Å². The number of allylic oxidation sites excluding steroid dienone is 5. The van der Waals surface area contributed by atoms with Gasteiger partial charge in [0.25, 0.3) is 0 Å². The first-order chi connectivity index (χ1) is 11.6. The average molecular weight is 314 g/mol. The van der Waals surface area contributed by atoms with Crippen molar-refractivity contribution < 1.29 is 0 Å². The van der Waals surface area contributed by atoms with Crippen LogP contribution in [0, 0.1) is 6.92 Å². The quantitative estimate of drug-likeness (QED) is 0.423. The molecule has 0 aliphatic heterocycles. The van der Waals surface area contributed by atoms with Gasteiger partial charge in [0.05, 0.1) is 0 Å². The minimum Gasteiger partial charge on any atom is -0.0988 e. The highest BCUT2D eigenvalue weighted by molar-refractivity contribution is 5.81. The van der Waals surface area contributed by atoms with Crippen LogP contribution in [0.4, 0.5) is 0 Å². The van der Waals surface area contributed by atoms with Gasteiger partial charge in [0, 0.05) is 5.41 Å². The second-order valence-corrected chi connectivity index (χ2v) is 6.89. The zero-order valence-electron chi connectivity index (χ0n) is 15.0. The Balaban J connectivity index is 2.09. The van der Waals surface area contributed by atoms with E-state index in [1.165, 1.54) is 33.4 Å². The van der Waals surface area contributed by atoms with Crippen LogP contribution < -0.4 is 0 Å². The first-order valence-corrected chi connectivity index (χ1v) is 8.74. The lowest BCUT2D eigenvalue weighted by molar-refractivity contribution is 0.584. The maximum atomic E-state index is 4.05. The van der Waals surface area contributed by atoms with Gasteiger partial charge in [0.1, 0.15) is 0 Å². The van der Waals surface area contributed by atoms with Crippen molar-refractivity contribution in [1.29, 1.82) is 0 Å². The molecule has 0 spiro atoms. The molecule has 3 rings (SSSR count). The minimum absolute atomic E-state index is 0.00950. The largest absolute Gasteiger partial charge is 0.0988 e. The summed E-state index contributed by atoms with van der Waals surface area (Å²) in [6, 6.07) is 15.7. The fourth-order valence-corrected chi connectivity index (χ4v) is 3.89. The maximum absolute atomic E-state index is 4.05. The summed E-state index contributed by atoms with van der Waals surface area (Å²) in [7, 11) is 0. The number of rotatable bonds is 5. The van der Waals surface area contributed by atoms with Gasteiger partial charge in [0.2, 0.25) is 0 Å². The van der Waals surface area contributed by atoms with Crippen molar-refractivity contribution in [2.45, 2.75) is 39.0 Å². The summed E-state index contributed by atoms with van der Waals surface area (Å²) in [5, 5.41) is 0. The van der Waals surface area contributed by atoms with Crippen molar-refractivity contribution in [3.05, 3.63) is 95.6 Å². The Labute approximate surface area is 146 Å². The number of fused-ring (bicyclic) bond motifs is 3. The van der Waals surface area contributed by atoms with E-state index >= 15 is 0 Å². The zero-order chi connectivity index (χ0) is 17.2. The van der Waals surface area contributed by atoms with Crippen molar-refractivity contribution in [3.63, 3.8) is 0 Å². The van der Waals surface area contributed by atoms with Crippen LogP contribution in [0.2, 0.25) is 0 Å². The fraction of sp³-hybridized carbons (Fsp3) is 0.250. The molecule has 0 bridgehead atoms. The van der Waals surface area contributed by atoms with Crippen molar-refractivity contribution in [2.75, 3.05) is 0 Å². The Morgan fingerprint density at radius 3 is 2.58 bits per heavy atom. The van der Waals surface area contributed by atoms with E-state index in [0.29, 0.717) is 0 Å². The lowest BCUT2D eigenvalue weighted by Crippen LogP contribution is -2.21. The Morgan fingerprint density at radius 2 is 1.83 bits per heavy atom. The second-order valence-electron chi connectivity index (χ2n) is 6.89. The monoisotopic (exact) mass is 314 g/mol. The van der Waals surface area contributed by atoms with E-state index in [1.54, 1.807) is 0 Å². The van der Waals surface area contributed by atoms with Crippen LogP contribution in [0.25, 0.3) is 11.1 Å². The van der Waals surface area contributed by atoms with Crippen molar-refractivity contribution in [2.24, 2.45) is 0 Å². The van der Waals surface area contributed by atoms with Gasteiger partial charge in [-0.05, 0) is 48.9 Å². The topological polar surface area (TPSA) is 0 Å². The SMILES string of the molecule is C=CC(=CCC=CC)CC1(C)c2ccccc2-c2cc(C)ccc21. The summed E-state index contributed by atoms with van der Waals surface area (Å²) >= 11 is 0. The van der Waals surface area contributed by atoms with Crippen LogP contribution in [-0.4, -0.2) is 0 Å². The lowest BCUT2D eigenvalue weighted by Gasteiger charge is -2.28. The first-order valence-electron chi connectivity index (χ1n) is 8.74. The minimum atomic E-state index is 0.00950. The molecule has 1 atom stereocenters. The van der Waals surface area contributed by atoms with Crippen LogP contribution in [-0.2, 0) is 5.41 Å². The van der Waals surface area contributed by atoms with Crippen molar-refractivity contribution in [3.8, 4) is 11.1 Å². The van der Waals surface area contributed by atoms with Crippen LogP contribution in [0.1, 0.15) is 43.4 Å². The molecule has 122 valence electrons. The molecule has 24 heavy (non-hydrogen) atoms. The van der Waals surface area contributed by atoms with Gasteiger partial charge in [-0.1, -0.05) is 91.4 Å². The highest BCUT2D eigenvalue weighted by Crippen LogP contribution is 2.51. The predicted octanol–water partition coefficient (Wildman–Crippen LogP) is 6.75. The first kappa shape index (κ1) is 16.5. The molecule has 1 aliphatic carbocycles. The highest BCUT2D eigenvalue weighted by atomic mass is 14.4. The molecule has 1 unspecified atom stereocenters. The molecule has 2 aromatic carbocycles. The molecule has 0 aromatic heterocycles. The second kappa shape index (κ2) is 6.65. The third kappa shape index (κ3) is 2.78. The van der Waals surface area contributed by atoms with Crippen molar-refractivity contribution in [1.82, 2.24) is 0 Å². The number of hydrogen-bond acceptors (Lipinski definition) is 0. The number of hydrogen-bond donors (Lipinski definition) is 0. The van der Waals surface area contributed by atoms with Gasteiger partial charge < -0.3 is 0 Å². The Kier molecular flexibility index (Phi) is 4.57. The molecule has 0 heterocycles. The maximum Gasteiger partial charge on any atom is 0.0227 e. The molecular weight excluding hydrogens is 288 g/mol. The predicted molar refractivity (Wildman–Crippen MR) is 105 cm³/mol. The summed E-state index contributed by atoms with van der Waals surface area (Å²) in [6.07, 6.45) is 10.6. The van der Waals surface area contributed by atoms with E-state index < -0.39 is 0 Å². The molecule has 1 aliphatic rings. The summed E-state index contributed by atoms with van der Waals surface area (Å²) in [5.74, 6) is 0. The van der Waals surface area contributed by atoms with E-state index in [-0.39, 0.29) is 5.41 Å². The molecule has 0 amide bonds. The standard InChI is InChI=1S/C24H26/c1-5-7-8-11-19(6-2)17-24(4)22-13-10-9-12-20(22)21-16-18(3)14-15-23(21)24/h5-7,9-16H,2,8,17H2,1,3-4H3. The summed E-state index contributed by atoms with van der Waals surface area (Å²) in [5.41, 5.74) is 8.30. The van der Waals surface area contributed by atoms with Gasteiger partial charge in [-0.25, -0.2) is 0 Å². The Morgan fingerprint density at radius 1 is 1.08 bits per heavy atom. The molecule has 0 saturated carbocycles.